The maximum Gasteiger partial charge on any atom is 0.163 e. The Hall–Kier alpha value is -1.26. The van der Waals surface area contributed by atoms with Gasteiger partial charge in [-0.25, -0.2) is 0 Å². The summed E-state index contributed by atoms with van der Waals surface area (Å²) < 4.78 is 0. The van der Waals surface area contributed by atoms with Crippen LogP contribution >= 0.6 is 0 Å². The third-order valence-electron chi connectivity index (χ3n) is 2.20. The van der Waals surface area contributed by atoms with Crippen LogP contribution in [-0.2, 0) is 9.59 Å². The van der Waals surface area contributed by atoms with Crippen molar-refractivity contribution in [2.75, 3.05) is 13.2 Å². The van der Waals surface area contributed by atoms with Crippen molar-refractivity contribution in [1.29, 1.82) is 0 Å². The second-order valence-electron chi connectivity index (χ2n) is 4.05. The van der Waals surface area contributed by atoms with E-state index < -0.39 is 0 Å². The van der Waals surface area contributed by atoms with Gasteiger partial charge in [-0.15, -0.1) is 0 Å². The summed E-state index contributed by atoms with van der Waals surface area (Å²) in [5, 5.41) is 17.8. The molecule has 96 valence electrons. The molecule has 0 atom stereocenters. The maximum absolute atomic E-state index is 11.3. The van der Waals surface area contributed by atoms with Crippen molar-refractivity contribution in [1.82, 2.24) is 0 Å². The molecule has 0 unspecified atom stereocenters. The van der Waals surface area contributed by atoms with Gasteiger partial charge in [0.15, 0.2) is 5.78 Å². The minimum absolute atomic E-state index is 0.0153. The molecule has 0 aliphatic rings. The standard InChI is InChI=1S/C13H20O4/c1-10(8-14)4-3-5-12(9-15)7-13(17)6-11(2)16/h4,7,14-15H,3,5-6,8-9H2,1-2H3/b10-4+,12-7+. The highest BCUT2D eigenvalue weighted by atomic mass is 16.3. The molecule has 4 nitrogen and oxygen atoms in total. The van der Waals surface area contributed by atoms with Crippen molar-refractivity contribution in [3.05, 3.63) is 23.3 Å². The van der Waals surface area contributed by atoms with E-state index in [-0.39, 0.29) is 31.2 Å². The highest BCUT2D eigenvalue weighted by Gasteiger charge is 2.04. The van der Waals surface area contributed by atoms with Gasteiger partial charge in [-0.05, 0) is 38.3 Å². The van der Waals surface area contributed by atoms with E-state index in [2.05, 4.69) is 0 Å². The summed E-state index contributed by atoms with van der Waals surface area (Å²) in [7, 11) is 0. The molecule has 17 heavy (non-hydrogen) atoms. The van der Waals surface area contributed by atoms with Crippen LogP contribution in [0.25, 0.3) is 0 Å². The number of carbonyl (C=O) groups is 2. The van der Waals surface area contributed by atoms with Gasteiger partial charge in [0.05, 0.1) is 19.6 Å². The molecule has 0 amide bonds. The molecule has 0 radical (unpaired) electrons. The topological polar surface area (TPSA) is 74.6 Å². The normalized spacial score (nSPS) is 12.7. The minimum atomic E-state index is -0.274. The van der Waals surface area contributed by atoms with Crippen LogP contribution in [-0.4, -0.2) is 35.0 Å². The molecular formula is C13H20O4. The van der Waals surface area contributed by atoms with Gasteiger partial charge in [0.1, 0.15) is 5.78 Å². The van der Waals surface area contributed by atoms with Crippen molar-refractivity contribution in [3.8, 4) is 0 Å². The molecule has 2 N–H and O–H groups in total. The van der Waals surface area contributed by atoms with Gasteiger partial charge >= 0.3 is 0 Å². The lowest BCUT2D eigenvalue weighted by Gasteiger charge is -2.02. The summed E-state index contributed by atoms with van der Waals surface area (Å²) in [6.07, 6.45) is 4.29. The summed E-state index contributed by atoms with van der Waals surface area (Å²) in [4.78, 5) is 22.0. The molecule has 0 rings (SSSR count). The molecule has 0 aromatic carbocycles. The van der Waals surface area contributed by atoms with Gasteiger partial charge in [-0.3, -0.25) is 9.59 Å². The Kier molecular flexibility index (Phi) is 8.19. The second-order valence-corrected chi connectivity index (χ2v) is 4.05. The number of aliphatic hydroxyl groups excluding tert-OH is 2. The molecule has 0 aromatic rings. The SMILES string of the molecule is CC(=O)CC(=O)/C=C(/CO)CC/C=C(\C)CO. The zero-order valence-electron chi connectivity index (χ0n) is 10.4. The second kappa shape index (κ2) is 8.84. The van der Waals surface area contributed by atoms with Crippen LogP contribution in [0, 0.1) is 0 Å². The van der Waals surface area contributed by atoms with Gasteiger partial charge in [0.2, 0.25) is 0 Å². The van der Waals surface area contributed by atoms with Gasteiger partial charge < -0.3 is 10.2 Å². The summed E-state index contributed by atoms with van der Waals surface area (Å²) in [6.45, 7) is 3.00. The quantitative estimate of drug-likeness (QED) is 0.379. The van der Waals surface area contributed by atoms with Crippen LogP contribution in [0.1, 0.15) is 33.1 Å². The lowest BCUT2D eigenvalue weighted by Crippen LogP contribution is -2.03. The number of Topliss-reactive ketones (excluding diaryl/α,β-unsaturated/α-hetero) is 1. The fraction of sp³-hybridized carbons (Fsp3) is 0.538. The van der Waals surface area contributed by atoms with Crippen molar-refractivity contribution in [2.45, 2.75) is 33.1 Å². The summed E-state index contributed by atoms with van der Waals surface area (Å²) in [6, 6.07) is 0. The zero-order valence-corrected chi connectivity index (χ0v) is 10.4. The van der Waals surface area contributed by atoms with Gasteiger partial charge in [0, 0.05) is 0 Å². The zero-order chi connectivity index (χ0) is 13.3. The fourth-order valence-electron chi connectivity index (χ4n) is 1.29. The van der Waals surface area contributed by atoms with Crippen LogP contribution in [0.5, 0.6) is 0 Å². The molecule has 0 saturated heterocycles. The highest BCUT2D eigenvalue weighted by molar-refractivity contribution is 6.03. The van der Waals surface area contributed by atoms with E-state index in [1.807, 2.05) is 13.0 Å². The third kappa shape index (κ3) is 8.54. The van der Waals surface area contributed by atoms with E-state index in [1.54, 1.807) is 0 Å². The smallest absolute Gasteiger partial charge is 0.163 e. The molecule has 0 fully saturated rings. The van der Waals surface area contributed by atoms with E-state index in [0.717, 1.165) is 5.57 Å². The van der Waals surface area contributed by atoms with Crippen LogP contribution in [0.4, 0.5) is 0 Å². The number of carbonyl (C=O) groups excluding carboxylic acids is 2. The summed E-state index contributed by atoms with van der Waals surface area (Å²) >= 11 is 0. The van der Waals surface area contributed by atoms with Crippen molar-refractivity contribution < 1.29 is 19.8 Å². The maximum atomic E-state index is 11.3. The van der Waals surface area contributed by atoms with Crippen molar-refractivity contribution >= 4 is 11.6 Å². The summed E-state index contributed by atoms with van der Waals surface area (Å²) in [5.74, 6) is -0.455. The number of rotatable bonds is 8. The highest BCUT2D eigenvalue weighted by Crippen LogP contribution is 2.07. The number of ketones is 2. The van der Waals surface area contributed by atoms with E-state index in [1.165, 1.54) is 13.0 Å². The Morgan fingerprint density at radius 2 is 1.76 bits per heavy atom. The number of hydrogen-bond donors (Lipinski definition) is 2. The Morgan fingerprint density at radius 1 is 1.12 bits per heavy atom. The predicted octanol–water partition coefficient (Wildman–Crippen LogP) is 1.17. The Bertz CT molecular complexity index is 326. The molecule has 0 heterocycles. The van der Waals surface area contributed by atoms with E-state index in [4.69, 9.17) is 10.2 Å². The van der Waals surface area contributed by atoms with Gasteiger partial charge in [-0.1, -0.05) is 11.6 Å². The predicted molar refractivity (Wildman–Crippen MR) is 65.6 cm³/mol. The van der Waals surface area contributed by atoms with Gasteiger partial charge in [0.25, 0.3) is 0 Å². The number of hydrogen-bond acceptors (Lipinski definition) is 4. The van der Waals surface area contributed by atoms with Gasteiger partial charge in [-0.2, -0.15) is 0 Å². The average Bonchev–Trinajstić information content (AvgIpc) is 2.26. The molecule has 0 bridgehead atoms. The third-order valence-corrected chi connectivity index (χ3v) is 2.20. The molecular weight excluding hydrogens is 220 g/mol. The van der Waals surface area contributed by atoms with Crippen molar-refractivity contribution in [3.63, 3.8) is 0 Å². The number of aliphatic hydroxyl groups is 2. The number of allylic oxidation sites excluding steroid dienone is 2. The van der Waals surface area contributed by atoms with E-state index in [0.29, 0.717) is 18.4 Å². The monoisotopic (exact) mass is 240 g/mol. The molecule has 0 aliphatic carbocycles. The summed E-state index contributed by atoms with van der Waals surface area (Å²) in [5.41, 5.74) is 1.47. The first-order valence-electron chi connectivity index (χ1n) is 5.58. The lowest BCUT2D eigenvalue weighted by molar-refractivity contribution is -0.123. The molecule has 0 aliphatic heterocycles. The Morgan fingerprint density at radius 3 is 2.24 bits per heavy atom. The first-order valence-corrected chi connectivity index (χ1v) is 5.58. The minimum Gasteiger partial charge on any atom is -0.392 e. The van der Waals surface area contributed by atoms with Crippen LogP contribution < -0.4 is 0 Å². The van der Waals surface area contributed by atoms with Crippen molar-refractivity contribution in [2.24, 2.45) is 0 Å². The van der Waals surface area contributed by atoms with E-state index >= 15 is 0 Å². The average molecular weight is 240 g/mol. The van der Waals surface area contributed by atoms with Crippen LogP contribution in [0.15, 0.2) is 23.3 Å². The van der Waals surface area contributed by atoms with Crippen LogP contribution in [0.2, 0.25) is 0 Å². The molecule has 0 aromatic heterocycles. The Balaban J connectivity index is 4.28. The van der Waals surface area contributed by atoms with Crippen LogP contribution in [0.3, 0.4) is 0 Å². The first kappa shape index (κ1) is 15.7. The van der Waals surface area contributed by atoms with E-state index in [9.17, 15) is 9.59 Å². The molecule has 0 spiro atoms. The fourth-order valence-corrected chi connectivity index (χ4v) is 1.29. The first-order chi connectivity index (χ1) is 7.99. The lowest BCUT2D eigenvalue weighted by atomic mass is 10.1. The Labute approximate surface area is 102 Å². The molecule has 4 heteroatoms. The largest absolute Gasteiger partial charge is 0.392 e. The molecule has 0 saturated carbocycles.